The smallest absolute Gasteiger partial charge is 0.243 e. The van der Waals surface area contributed by atoms with E-state index in [0.29, 0.717) is 24.4 Å². The number of hydrogen-bond donors (Lipinski definition) is 1. The molecule has 28 heavy (non-hydrogen) atoms. The highest BCUT2D eigenvalue weighted by molar-refractivity contribution is 7.89. The van der Waals surface area contributed by atoms with E-state index in [0.717, 1.165) is 24.0 Å². The van der Waals surface area contributed by atoms with Crippen LogP contribution in [0.3, 0.4) is 0 Å². The van der Waals surface area contributed by atoms with E-state index >= 15 is 0 Å². The van der Waals surface area contributed by atoms with Gasteiger partial charge in [-0.2, -0.15) is 4.31 Å². The molecule has 3 rings (SSSR count). The number of nitrogens with zero attached hydrogens (tertiary/aromatic N) is 1. The Hall–Kier alpha value is -2.18. The van der Waals surface area contributed by atoms with Gasteiger partial charge in [-0.05, 0) is 44.4 Å². The van der Waals surface area contributed by atoms with Gasteiger partial charge in [0.15, 0.2) is 0 Å². The first-order valence-electron chi connectivity index (χ1n) is 9.77. The first-order valence-corrected chi connectivity index (χ1v) is 11.2. The first-order chi connectivity index (χ1) is 13.4. The van der Waals surface area contributed by atoms with E-state index in [1.165, 1.54) is 9.87 Å². The summed E-state index contributed by atoms with van der Waals surface area (Å²) in [6, 6.07) is 14.6. The second-order valence-corrected chi connectivity index (χ2v) is 9.44. The SMILES string of the molecule is Cc1ccc(CNC(=O)C[C@@H]2CCCCN2S(=O)(=O)c2ccc(C)cc2)cc1. The quantitative estimate of drug-likeness (QED) is 0.806. The van der Waals surface area contributed by atoms with Crippen LogP contribution in [0.5, 0.6) is 0 Å². The number of amides is 1. The van der Waals surface area contributed by atoms with Gasteiger partial charge < -0.3 is 5.32 Å². The molecular formula is C22H28N2O3S. The molecule has 0 aliphatic carbocycles. The Balaban J connectivity index is 1.66. The van der Waals surface area contributed by atoms with Crippen LogP contribution in [0, 0.1) is 13.8 Å². The lowest BCUT2D eigenvalue weighted by Crippen LogP contribution is -2.45. The zero-order valence-corrected chi connectivity index (χ0v) is 17.3. The molecule has 1 saturated heterocycles. The molecule has 1 heterocycles. The summed E-state index contributed by atoms with van der Waals surface area (Å²) >= 11 is 0. The van der Waals surface area contributed by atoms with Crippen LogP contribution in [0.2, 0.25) is 0 Å². The predicted molar refractivity (Wildman–Crippen MR) is 110 cm³/mol. The van der Waals surface area contributed by atoms with Crippen LogP contribution < -0.4 is 5.32 Å². The van der Waals surface area contributed by atoms with Crippen molar-refractivity contribution in [3.8, 4) is 0 Å². The number of hydrogen-bond acceptors (Lipinski definition) is 3. The number of nitrogens with one attached hydrogen (secondary N) is 1. The van der Waals surface area contributed by atoms with E-state index in [9.17, 15) is 13.2 Å². The summed E-state index contributed by atoms with van der Waals surface area (Å²) in [5, 5.41) is 2.92. The van der Waals surface area contributed by atoms with Crippen molar-refractivity contribution in [2.75, 3.05) is 6.54 Å². The summed E-state index contributed by atoms with van der Waals surface area (Å²) in [7, 11) is -3.59. The molecular weight excluding hydrogens is 372 g/mol. The normalized spacial score (nSPS) is 18.0. The van der Waals surface area contributed by atoms with Gasteiger partial charge in [-0.3, -0.25) is 4.79 Å². The van der Waals surface area contributed by atoms with Crippen molar-refractivity contribution in [1.82, 2.24) is 9.62 Å². The molecule has 2 aromatic carbocycles. The third kappa shape index (κ3) is 5.00. The molecule has 150 valence electrons. The molecule has 0 aromatic heterocycles. The average Bonchev–Trinajstić information content (AvgIpc) is 2.68. The molecule has 1 N–H and O–H groups in total. The number of benzene rings is 2. The Bertz CT molecular complexity index is 906. The Morgan fingerprint density at radius 3 is 2.25 bits per heavy atom. The number of carbonyl (C=O) groups is 1. The molecule has 1 amide bonds. The van der Waals surface area contributed by atoms with Crippen LogP contribution in [-0.4, -0.2) is 31.2 Å². The van der Waals surface area contributed by atoms with E-state index < -0.39 is 10.0 Å². The highest BCUT2D eigenvalue weighted by Gasteiger charge is 2.34. The zero-order valence-electron chi connectivity index (χ0n) is 16.5. The number of piperidine rings is 1. The molecule has 1 atom stereocenters. The molecule has 0 spiro atoms. The number of carbonyl (C=O) groups excluding carboxylic acids is 1. The molecule has 1 aliphatic rings. The maximum absolute atomic E-state index is 13.1. The van der Waals surface area contributed by atoms with Crippen LogP contribution in [0.15, 0.2) is 53.4 Å². The first kappa shape index (κ1) is 20.6. The zero-order chi connectivity index (χ0) is 20.1. The number of rotatable bonds is 6. The highest BCUT2D eigenvalue weighted by Crippen LogP contribution is 2.27. The minimum Gasteiger partial charge on any atom is -0.352 e. The summed E-state index contributed by atoms with van der Waals surface area (Å²) < 4.78 is 27.7. The summed E-state index contributed by atoms with van der Waals surface area (Å²) in [4.78, 5) is 12.8. The van der Waals surface area contributed by atoms with Gasteiger partial charge in [0.2, 0.25) is 15.9 Å². The minimum absolute atomic E-state index is 0.114. The van der Waals surface area contributed by atoms with E-state index in [4.69, 9.17) is 0 Å². The lowest BCUT2D eigenvalue weighted by Gasteiger charge is -2.34. The third-order valence-corrected chi connectivity index (χ3v) is 7.20. The predicted octanol–water partition coefficient (Wildman–Crippen LogP) is 3.55. The fraction of sp³-hybridized carbons (Fsp3) is 0.409. The molecule has 0 bridgehead atoms. The fourth-order valence-electron chi connectivity index (χ4n) is 3.53. The van der Waals surface area contributed by atoms with Crippen molar-refractivity contribution in [2.24, 2.45) is 0 Å². The van der Waals surface area contributed by atoms with Gasteiger partial charge in [-0.25, -0.2) is 8.42 Å². The van der Waals surface area contributed by atoms with Gasteiger partial charge >= 0.3 is 0 Å². The van der Waals surface area contributed by atoms with Crippen molar-refractivity contribution in [2.45, 2.75) is 57.0 Å². The van der Waals surface area contributed by atoms with Crippen molar-refractivity contribution in [1.29, 1.82) is 0 Å². The lowest BCUT2D eigenvalue weighted by molar-refractivity contribution is -0.122. The summed E-state index contributed by atoms with van der Waals surface area (Å²) in [6.45, 7) is 4.87. The largest absolute Gasteiger partial charge is 0.352 e. The molecule has 6 heteroatoms. The monoisotopic (exact) mass is 400 g/mol. The van der Waals surface area contributed by atoms with Gasteiger partial charge in [-0.15, -0.1) is 0 Å². The van der Waals surface area contributed by atoms with Gasteiger partial charge in [0.1, 0.15) is 0 Å². The maximum atomic E-state index is 13.1. The van der Waals surface area contributed by atoms with Gasteiger partial charge in [0, 0.05) is 25.6 Å². The Labute approximate surface area is 167 Å². The van der Waals surface area contributed by atoms with E-state index in [1.54, 1.807) is 24.3 Å². The van der Waals surface area contributed by atoms with Crippen molar-refractivity contribution >= 4 is 15.9 Å². The topological polar surface area (TPSA) is 66.5 Å². The number of sulfonamides is 1. The van der Waals surface area contributed by atoms with Crippen molar-refractivity contribution < 1.29 is 13.2 Å². The summed E-state index contributed by atoms with van der Waals surface area (Å²) in [5.41, 5.74) is 3.23. The minimum atomic E-state index is -3.59. The van der Waals surface area contributed by atoms with Crippen LogP contribution >= 0.6 is 0 Å². The lowest BCUT2D eigenvalue weighted by atomic mass is 10.0. The maximum Gasteiger partial charge on any atom is 0.243 e. The fourth-order valence-corrected chi connectivity index (χ4v) is 5.23. The van der Waals surface area contributed by atoms with E-state index in [2.05, 4.69) is 5.32 Å². The average molecular weight is 401 g/mol. The Morgan fingerprint density at radius 1 is 1.00 bits per heavy atom. The van der Waals surface area contributed by atoms with Crippen LogP contribution in [0.1, 0.15) is 42.4 Å². The second-order valence-electron chi connectivity index (χ2n) is 7.54. The second kappa shape index (κ2) is 8.88. The molecule has 5 nitrogen and oxygen atoms in total. The Kier molecular flexibility index (Phi) is 6.52. The molecule has 0 radical (unpaired) electrons. The van der Waals surface area contributed by atoms with Gasteiger partial charge in [0.05, 0.1) is 4.90 Å². The highest BCUT2D eigenvalue weighted by atomic mass is 32.2. The van der Waals surface area contributed by atoms with Crippen molar-refractivity contribution in [3.05, 3.63) is 65.2 Å². The molecule has 0 saturated carbocycles. The van der Waals surface area contributed by atoms with E-state index in [1.807, 2.05) is 38.1 Å². The molecule has 2 aromatic rings. The molecule has 1 fully saturated rings. The summed E-state index contributed by atoms with van der Waals surface area (Å²) in [5.74, 6) is -0.114. The van der Waals surface area contributed by atoms with E-state index in [-0.39, 0.29) is 18.4 Å². The van der Waals surface area contributed by atoms with Gasteiger partial charge in [0.25, 0.3) is 0 Å². The standard InChI is InChI=1S/C22H28N2O3S/c1-17-6-10-19(11-7-17)16-23-22(25)15-20-5-3-4-14-24(20)28(26,27)21-12-8-18(2)9-13-21/h6-13,20H,3-5,14-16H2,1-2H3,(H,23,25)/t20-/m0/s1. The third-order valence-electron chi connectivity index (χ3n) is 5.23. The van der Waals surface area contributed by atoms with Crippen LogP contribution in [0.25, 0.3) is 0 Å². The van der Waals surface area contributed by atoms with Crippen LogP contribution in [-0.2, 0) is 21.4 Å². The summed E-state index contributed by atoms with van der Waals surface area (Å²) in [6.07, 6.45) is 2.67. The van der Waals surface area contributed by atoms with Crippen LogP contribution in [0.4, 0.5) is 0 Å². The number of aryl methyl sites for hydroxylation is 2. The molecule has 0 unspecified atom stereocenters. The van der Waals surface area contributed by atoms with Gasteiger partial charge in [-0.1, -0.05) is 53.9 Å². The molecule has 1 aliphatic heterocycles. The Morgan fingerprint density at radius 2 is 1.61 bits per heavy atom. The van der Waals surface area contributed by atoms with Crippen molar-refractivity contribution in [3.63, 3.8) is 0 Å².